The molecule has 0 radical (unpaired) electrons. The summed E-state index contributed by atoms with van der Waals surface area (Å²) in [4.78, 5) is 8.44. The fraction of sp³-hybridized carbons (Fsp3) is 0.556. The van der Waals surface area contributed by atoms with Gasteiger partial charge in [-0.25, -0.2) is 9.97 Å². The van der Waals surface area contributed by atoms with Gasteiger partial charge in [0.1, 0.15) is 11.3 Å². The van der Waals surface area contributed by atoms with Crippen molar-refractivity contribution in [3.63, 3.8) is 0 Å². The summed E-state index contributed by atoms with van der Waals surface area (Å²) in [6.07, 6.45) is 4.12. The van der Waals surface area contributed by atoms with Gasteiger partial charge in [0.15, 0.2) is 5.82 Å². The number of hydrogen-bond donors (Lipinski definition) is 0. The number of rotatable bonds is 1. The van der Waals surface area contributed by atoms with E-state index in [-0.39, 0.29) is 6.10 Å². The van der Waals surface area contributed by atoms with E-state index in [0.717, 1.165) is 16.4 Å². The third-order valence-corrected chi connectivity index (χ3v) is 3.64. The summed E-state index contributed by atoms with van der Waals surface area (Å²) < 4.78 is 6.53. The molecular weight excluding hydrogens is 314 g/mol. The van der Waals surface area contributed by atoms with Crippen LogP contribution in [0.1, 0.15) is 31.7 Å². The first-order chi connectivity index (χ1) is 6.66. The maximum absolute atomic E-state index is 5.91. The van der Waals surface area contributed by atoms with Crippen molar-refractivity contribution in [1.82, 2.24) is 9.97 Å². The molecule has 1 aromatic rings. The van der Waals surface area contributed by atoms with E-state index >= 15 is 0 Å². The molecule has 2 atom stereocenters. The molecule has 0 spiro atoms. The highest BCUT2D eigenvalue weighted by Gasteiger charge is 2.25. The molecule has 0 saturated carbocycles. The lowest BCUT2D eigenvalue weighted by molar-refractivity contribution is 0.0502. The highest BCUT2D eigenvalue weighted by Crippen LogP contribution is 2.31. The van der Waals surface area contributed by atoms with Crippen LogP contribution in [-0.2, 0) is 4.74 Å². The molecule has 2 unspecified atom stereocenters. The maximum atomic E-state index is 5.91. The fourth-order valence-electron chi connectivity index (χ4n) is 1.51. The normalized spacial score (nSPS) is 26.8. The Kier molecular flexibility index (Phi) is 3.23. The van der Waals surface area contributed by atoms with Gasteiger partial charge in [-0.1, -0.05) is 11.6 Å². The zero-order chi connectivity index (χ0) is 10.1. The second-order valence-corrected chi connectivity index (χ2v) is 4.90. The molecule has 0 N–H and O–H groups in total. The average Bonchev–Trinajstić information content (AvgIpc) is 2.57. The van der Waals surface area contributed by atoms with Crippen molar-refractivity contribution in [2.24, 2.45) is 0 Å². The lowest BCUT2D eigenvalue weighted by atomic mass is 10.2. The van der Waals surface area contributed by atoms with E-state index < -0.39 is 0 Å². The summed E-state index contributed by atoms with van der Waals surface area (Å²) in [5, 5.41) is 0.513. The molecule has 0 amide bonds. The highest BCUT2D eigenvalue weighted by atomic mass is 127. The minimum Gasteiger partial charge on any atom is -0.367 e. The smallest absolute Gasteiger partial charge is 0.158 e. The van der Waals surface area contributed by atoms with Gasteiger partial charge in [-0.15, -0.1) is 0 Å². The molecule has 76 valence electrons. The van der Waals surface area contributed by atoms with Crippen LogP contribution in [0.4, 0.5) is 0 Å². The lowest BCUT2D eigenvalue weighted by Gasteiger charge is -2.09. The number of ether oxygens (including phenoxy) is 1. The predicted molar refractivity (Wildman–Crippen MR) is 62.3 cm³/mol. The van der Waals surface area contributed by atoms with Gasteiger partial charge < -0.3 is 4.74 Å². The third-order valence-electron chi connectivity index (χ3n) is 2.24. The van der Waals surface area contributed by atoms with Crippen LogP contribution in [0.25, 0.3) is 0 Å². The Hall–Kier alpha value is 0.0600. The minimum atomic E-state index is 0.0273. The van der Waals surface area contributed by atoms with Gasteiger partial charge in [-0.05, 0) is 42.4 Å². The van der Waals surface area contributed by atoms with E-state index in [0.29, 0.717) is 17.1 Å². The van der Waals surface area contributed by atoms with E-state index in [2.05, 4.69) is 39.5 Å². The standard InChI is InChI=1S/C9H10ClIN2O/c1-5-2-3-7(14-5)9-12-4-6(11)8(10)13-9/h4-5,7H,2-3H2,1H3. The van der Waals surface area contributed by atoms with E-state index in [1.807, 2.05) is 0 Å². The average molecular weight is 325 g/mol. The molecule has 2 rings (SSSR count). The van der Waals surface area contributed by atoms with Crippen LogP contribution in [0.2, 0.25) is 5.15 Å². The number of hydrogen-bond acceptors (Lipinski definition) is 3. The quantitative estimate of drug-likeness (QED) is 0.588. The Morgan fingerprint density at radius 3 is 2.93 bits per heavy atom. The topological polar surface area (TPSA) is 35.0 Å². The van der Waals surface area contributed by atoms with Crippen molar-refractivity contribution in [3.8, 4) is 0 Å². The summed E-state index contributed by atoms with van der Waals surface area (Å²) in [6, 6.07) is 0. The van der Waals surface area contributed by atoms with Gasteiger partial charge in [0.2, 0.25) is 0 Å². The molecular formula is C9H10ClIN2O. The number of aromatic nitrogens is 2. The molecule has 3 nitrogen and oxygen atoms in total. The molecule has 1 aliphatic heterocycles. The zero-order valence-corrected chi connectivity index (χ0v) is 10.6. The van der Waals surface area contributed by atoms with Crippen LogP contribution < -0.4 is 0 Å². The molecule has 14 heavy (non-hydrogen) atoms. The monoisotopic (exact) mass is 324 g/mol. The first-order valence-electron chi connectivity index (χ1n) is 4.50. The Morgan fingerprint density at radius 1 is 1.57 bits per heavy atom. The summed E-state index contributed by atoms with van der Waals surface area (Å²) in [7, 11) is 0. The predicted octanol–water partition coefficient (Wildman–Crippen LogP) is 2.97. The molecule has 0 bridgehead atoms. The first kappa shape index (κ1) is 10.6. The van der Waals surface area contributed by atoms with Crippen molar-refractivity contribution in [2.75, 3.05) is 0 Å². The molecule has 2 heterocycles. The van der Waals surface area contributed by atoms with Crippen LogP contribution in [-0.4, -0.2) is 16.1 Å². The Labute approximate surface area is 101 Å². The minimum absolute atomic E-state index is 0.0273. The van der Waals surface area contributed by atoms with Gasteiger partial charge in [0.25, 0.3) is 0 Å². The summed E-state index contributed by atoms with van der Waals surface area (Å²) in [6.45, 7) is 2.06. The third kappa shape index (κ3) is 2.17. The van der Waals surface area contributed by atoms with E-state index in [1.54, 1.807) is 6.20 Å². The molecule has 0 aromatic carbocycles. The molecule has 1 saturated heterocycles. The van der Waals surface area contributed by atoms with Crippen LogP contribution in [0, 0.1) is 3.57 Å². The van der Waals surface area contributed by atoms with Gasteiger partial charge in [-0.2, -0.15) is 0 Å². The van der Waals surface area contributed by atoms with Crippen molar-refractivity contribution in [2.45, 2.75) is 32.0 Å². The highest BCUT2D eigenvalue weighted by molar-refractivity contribution is 14.1. The molecule has 1 aliphatic rings. The van der Waals surface area contributed by atoms with Crippen molar-refractivity contribution < 1.29 is 4.74 Å². The Morgan fingerprint density at radius 2 is 2.36 bits per heavy atom. The Bertz CT molecular complexity index is 348. The molecule has 1 fully saturated rings. The van der Waals surface area contributed by atoms with Gasteiger partial charge in [0, 0.05) is 6.20 Å². The SMILES string of the molecule is CC1CCC(c2ncc(I)c(Cl)n2)O1. The largest absolute Gasteiger partial charge is 0.367 e. The van der Waals surface area contributed by atoms with E-state index in [4.69, 9.17) is 16.3 Å². The lowest BCUT2D eigenvalue weighted by Crippen LogP contribution is -2.05. The Balaban J connectivity index is 2.20. The van der Waals surface area contributed by atoms with Crippen molar-refractivity contribution in [3.05, 3.63) is 20.7 Å². The second-order valence-electron chi connectivity index (χ2n) is 3.38. The van der Waals surface area contributed by atoms with Gasteiger partial charge in [0.05, 0.1) is 9.67 Å². The van der Waals surface area contributed by atoms with Crippen LogP contribution in [0.3, 0.4) is 0 Å². The molecule has 0 aliphatic carbocycles. The summed E-state index contributed by atoms with van der Waals surface area (Å²) in [5.74, 6) is 0.708. The first-order valence-corrected chi connectivity index (χ1v) is 5.96. The van der Waals surface area contributed by atoms with E-state index in [1.165, 1.54) is 0 Å². The van der Waals surface area contributed by atoms with Crippen molar-refractivity contribution >= 4 is 34.2 Å². The number of nitrogens with zero attached hydrogens (tertiary/aromatic N) is 2. The van der Waals surface area contributed by atoms with E-state index in [9.17, 15) is 0 Å². The van der Waals surface area contributed by atoms with Crippen LogP contribution in [0.5, 0.6) is 0 Å². The fourth-order valence-corrected chi connectivity index (χ4v) is 1.90. The van der Waals surface area contributed by atoms with Gasteiger partial charge >= 0.3 is 0 Å². The van der Waals surface area contributed by atoms with Crippen LogP contribution >= 0.6 is 34.2 Å². The van der Waals surface area contributed by atoms with Crippen molar-refractivity contribution in [1.29, 1.82) is 0 Å². The molecule has 1 aromatic heterocycles. The van der Waals surface area contributed by atoms with Crippen LogP contribution in [0.15, 0.2) is 6.20 Å². The zero-order valence-electron chi connectivity index (χ0n) is 7.70. The summed E-state index contributed by atoms with van der Waals surface area (Å²) >= 11 is 8.03. The maximum Gasteiger partial charge on any atom is 0.158 e. The second kappa shape index (κ2) is 4.28. The summed E-state index contributed by atoms with van der Waals surface area (Å²) in [5.41, 5.74) is 0. The number of halogens is 2. The van der Waals surface area contributed by atoms with Gasteiger partial charge in [-0.3, -0.25) is 0 Å². The molecule has 5 heteroatoms.